The van der Waals surface area contributed by atoms with Crippen LogP contribution in [-0.2, 0) is 41.1 Å². The Morgan fingerprint density at radius 2 is 1.62 bits per heavy atom. The third-order valence-electron chi connectivity index (χ3n) is 9.52. The van der Waals surface area contributed by atoms with E-state index in [0.717, 1.165) is 5.56 Å². The first-order valence-corrected chi connectivity index (χ1v) is 23.1. The van der Waals surface area contributed by atoms with Crippen molar-refractivity contribution in [2.45, 2.75) is 78.9 Å². The van der Waals surface area contributed by atoms with Crippen molar-refractivity contribution in [3.63, 3.8) is 0 Å². The van der Waals surface area contributed by atoms with E-state index >= 15 is 0 Å². The molecule has 0 aliphatic rings. The number of nitrogens with one attached hydrogen (secondary N) is 3. The average molecular weight is 959 g/mol. The quantitative estimate of drug-likeness (QED) is 0.00702. The standard InChI is InChI=1S/C45H59N12O10P/c1-30(2)56(31(3)4)68(66-23-8-20-46)67-26-22-47-39(59)18-17-38(43(61)48-21-25-64-32(5)58)41(60)34-11-13-35(14-12-34)49-27-36-28-50-42-40(52-36)44(54-45(53-42)51-29-55(6)7)65-24-19-33-9-15-37(16-10-33)57(62)63/h9-16,28-31,38,49H,8,17-19,21-27H2,1-7H3,(H,47,59)(H,48,61)/b51-29+. The van der Waals surface area contributed by atoms with E-state index in [-0.39, 0.29) is 112 Å². The third-order valence-corrected chi connectivity index (χ3v) is 11.6. The maximum absolute atomic E-state index is 13.9. The smallest absolute Gasteiger partial charge is 0.302 e. The summed E-state index contributed by atoms with van der Waals surface area (Å²) in [7, 11) is 2.11. The maximum Gasteiger partial charge on any atom is 0.302 e. The van der Waals surface area contributed by atoms with Gasteiger partial charge >= 0.3 is 5.97 Å². The summed E-state index contributed by atoms with van der Waals surface area (Å²) in [6, 6.07) is 15.0. The van der Waals surface area contributed by atoms with Crippen LogP contribution in [0.3, 0.4) is 0 Å². The number of ether oxygens (including phenoxy) is 2. The fourth-order valence-corrected chi connectivity index (χ4v) is 7.97. The molecule has 22 nitrogen and oxygen atoms in total. The number of Topliss-reactive ketones (excluding diaryl/α,β-unsaturated/α-hetero) is 1. The first kappa shape index (κ1) is 53.8. The van der Waals surface area contributed by atoms with Crippen LogP contribution >= 0.6 is 8.53 Å². The number of anilines is 1. The summed E-state index contributed by atoms with van der Waals surface area (Å²) in [4.78, 5) is 86.2. The maximum atomic E-state index is 13.9. The number of hydrogen-bond acceptors (Lipinski definition) is 18. The predicted octanol–water partition coefficient (Wildman–Crippen LogP) is 5.45. The number of carbonyl (C=O) groups is 4. The van der Waals surface area contributed by atoms with Gasteiger partial charge in [0.1, 0.15) is 12.5 Å². The number of ketones is 1. The van der Waals surface area contributed by atoms with Gasteiger partial charge in [0.2, 0.25) is 17.7 Å². The van der Waals surface area contributed by atoms with Crippen molar-refractivity contribution in [3.05, 3.63) is 81.7 Å². The highest BCUT2D eigenvalue weighted by molar-refractivity contribution is 7.44. The van der Waals surface area contributed by atoms with E-state index in [1.165, 1.54) is 25.4 Å². The van der Waals surface area contributed by atoms with Crippen LogP contribution in [0.5, 0.6) is 5.88 Å². The molecule has 0 radical (unpaired) electrons. The van der Waals surface area contributed by atoms with Crippen molar-refractivity contribution in [1.82, 2.24) is 40.1 Å². The number of benzene rings is 2. The summed E-state index contributed by atoms with van der Waals surface area (Å²) in [5, 5.41) is 28.7. The number of nitriles is 1. The van der Waals surface area contributed by atoms with Crippen molar-refractivity contribution in [2.75, 3.05) is 58.9 Å². The number of aliphatic imine (C=N–C) groups is 1. The van der Waals surface area contributed by atoms with E-state index in [1.807, 2.05) is 27.7 Å². The summed E-state index contributed by atoms with van der Waals surface area (Å²) >= 11 is 0. The second kappa shape index (κ2) is 27.8. The Bertz CT molecular complexity index is 2370. The molecule has 0 aliphatic heterocycles. The van der Waals surface area contributed by atoms with Gasteiger partial charge in [-0.25, -0.2) is 19.6 Å². The van der Waals surface area contributed by atoms with Gasteiger partial charge in [-0.15, -0.1) is 0 Å². The van der Waals surface area contributed by atoms with Crippen LogP contribution in [0.4, 0.5) is 17.3 Å². The number of nitro benzene ring substituents is 1. The van der Waals surface area contributed by atoms with Gasteiger partial charge in [0.05, 0.1) is 68.6 Å². The lowest BCUT2D eigenvalue weighted by Crippen LogP contribution is -2.38. The highest BCUT2D eigenvalue weighted by Crippen LogP contribution is 2.45. The van der Waals surface area contributed by atoms with Crippen LogP contribution in [0.1, 0.15) is 75.5 Å². The van der Waals surface area contributed by atoms with Crippen LogP contribution in [-0.4, -0.2) is 130 Å². The molecule has 2 aromatic carbocycles. The number of nitro groups is 1. The molecule has 2 unspecified atom stereocenters. The molecule has 2 amide bonds. The number of rotatable bonds is 29. The first-order chi connectivity index (χ1) is 32.6. The van der Waals surface area contributed by atoms with E-state index < -0.39 is 37.0 Å². The molecule has 0 fully saturated rings. The Labute approximate surface area is 396 Å². The van der Waals surface area contributed by atoms with Crippen LogP contribution in [0, 0.1) is 27.4 Å². The zero-order valence-corrected chi connectivity index (χ0v) is 40.2. The van der Waals surface area contributed by atoms with Crippen LogP contribution in [0.2, 0.25) is 0 Å². The van der Waals surface area contributed by atoms with Gasteiger partial charge < -0.3 is 39.4 Å². The zero-order chi connectivity index (χ0) is 49.6. The number of aromatic nitrogens is 4. The van der Waals surface area contributed by atoms with E-state index in [4.69, 9.17) is 28.8 Å². The monoisotopic (exact) mass is 958 g/mol. The lowest BCUT2D eigenvalue weighted by molar-refractivity contribution is -0.384. The molecular weight excluding hydrogens is 900 g/mol. The second-order valence-electron chi connectivity index (χ2n) is 15.8. The summed E-state index contributed by atoms with van der Waals surface area (Å²) < 4.78 is 25.0. The average Bonchev–Trinajstić information content (AvgIpc) is 3.30. The molecule has 2 heterocycles. The molecule has 23 heteroatoms. The third kappa shape index (κ3) is 17.8. The molecule has 0 bridgehead atoms. The van der Waals surface area contributed by atoms with Crippen molar-refractivity contribution in [3.8, 4) is 11.9 Å². The van der Waals surface area contributed by atoms with Crippen molar-refractivity contribution in [2.24, 2.45) is 10.9 Å². The Hall–Kier alpha value is -6.79. The number of esters is 1. The topological polar surface area (TPSA) is 279 Å². The molecule has 364 valence electrons. The minimum atomic E-state index is -1.49. The summed E-state index contributed by atoms with van der Waals surface area (Å²) in [5.74, 6) is -2.99. The van der Waals surface area contributed by atoms with Gasteiger partial charge in [-0.05, 0) is 63.9 Å². The summed E-state index contributed by atoms with van der Waals surface area (Å²) in [5.41, 5.74) is 2.74. The number of hydrogen-bond donors (Lipinski definition) is 3. The van der Waals surface area contributed by atoms with E-state index in [1.54, 1.807) is 61.6 Å². The molecule has 0 aliphatic carbocycles. The van der Waals surface area contributed by atoms with Gasteiger partial charge in [0, 0.05) is 75.9 Å². The van der Waals surface area contributed by atoms with Crippen LogP contribution < -0.4 is 20.7 Å². The van der Waals surface area contributed by atoms with Crippen molar-refractivity contribution < 1.29 is 42.6 Å². The molecule has 2 aromatic heterocycles. The highest BCUT2D eigenvalue weighted by atomic mass is 31.2. The number of nitrogens with zero attached hydrogens (tertiary/aromatic N) is 9. The summed E-state index contributed by atoms with van der Waals surface area (Å²) in [6.45, 7) is 10.1. The van der Waals surface area contributed by atoms with Gasteiger partial charge in [-0.2, -0.15) is 15.2 Å². The Balaban J connectivity index is 1.41. The zero-order valence-electron chi connectivity index (χ0n) is 39.3. The summed E-state index contributed by atoms with van der Waals surface area (Å²) in [6.07, 6.45) is 3.50. The van der Waals surface area contributed by atoms with E-state index in [9.17, 15) is 29.3 Å². The van der Waals surface area contributed by atoms with Gasteiger partial charge in [-0.3, -0.25) is 29.3 Å². The number of amides is 2. The van der Waals surface area contributed by atoms with Gasteiger partial charge in [0.25, 0.3) is 20.2 Å². The molecule has 2 atom stereocenters. The Morgan fingerprint density at radius 3 is 2.26 bits per heavy atom. The molecule has 0 saturated carbocycles. The van der Waals surface area contributed by atoms with E-state index in [2.05, 4.69) is 46.6 Å². The lowest BCUT2D eigenvalue weighted by atomic mass is 9.92. The minimum absolute atomic E-state index is 0.0100. The molecular formula is C45H59N12O10P. The molecule has 3 N–H and O–H groups in total. The van der Waals surface area contributed by atoms with Gasteiger partial charge in [-0.1, -0.05) is 12.1 Å². The molecule has 68 heavy (non-hydrogen) atoms. The normalized spacial score (nSPS) is 12.2. The van der Waals surface area contributed by atoms with Gasteiger partial charge in [0.15, 0.2) is 16.9 Å². The number of non-ortho nitro benzene ring substituents is 1. The van der Waals surface area contributed by atoms with Crippen LogP contribution in [0.15, 0.2) is 59.7 Å². The SMILES string of the molecule is CC(=O)OCCNC(=O)C(CCC(=O)NCCOP(OCCC#N)N(C(C)C)C(C)C)C(=O)c1ccc(NCc2cnc3nc(/N=C/N(C)C)nc(OCCc4ccc([N+](=O)[O-])cc4)c3n2)cc1. The highest BCUT2D eigenvalue weighted by Gasteiger charge is 2.29. The second-order valence-corrected chi connectivity index (χ2v) is 17.3. The molecule has 0 spiro atoms. The Kier molecular flexibility index (Phi) is 22.0. The molecule has 4 rings (SSSR count). The molecule has 4 aromatic rings. The number of fused-ring (bicyclic) bond motifs is 1. The number of carbonyl (C=O) groups excluding carboxylic acids is 4. The van der Waals surface area contributed by atoms with E-state index in [0.29, 0.717) is 23.3 Å². The van der Waals surface area contributed by atoms with Crippen molar-refractivity contribution in [1.29, 1.82) is 5.26 Å². The fraction of sp³-hybridized carbons (Fsp3) is 0.467. The van der Waals surface area contributed by atoms with Crippen molar-refractivity contribution >= 4 is 66.9 Å². The molecule has 0 saturated heterocycles. The fourth-order valence-electron chi connectivity index (χ4n) is 6.38. The van der Waals surface area contributed by atoms with Crippen LogP contribution in [0.25, 0.3) is 11.2 Å². The predicted molar refractivity (Wildman–Crippen MR) is 254 cm³/mol. The lowest BCUT2D eigenvalue weighted by Gasteiger charge is -2.35. The first-order valence-electron chi connectivity index (χ1n) is 21.9. The minimum Gasteiger partial charge on any atom is -0.476 e. The Morgan fingerprint density at radius 1 is 0.926 bits per heavy atom. The largest absolute Gasteiger partial charge is 0.476 e.